The monoisotopic (exact) mass is 803 g/mol. The van der Waals surface area contributed by atoms with Gasteiger partial charge in [-0.3, -0.25) is 14.4 Å². The fourth-order valence-corrected chi connectivity index (χ4v) is 7.18. The molecule has 0 N–H and O–H groups in total. The highest BCUT2D eigenvalue weighted by Gasteiger charge is 2.19. The average Bonchev–Trinajstić information content (AvgIpc) is 3.21. The second-order valence-corrected chi connectivity index (χ2v) is 16.7. The topological polar surface area (TPSA) is 78.9 Å². The van der Waals surface area contributed by atoms with E-state index in [1.54, 1.807) is 0 Å². The highest BCUT2D eigenvalue weighted by molar-refractivity contribution is 5.71. The molecule has 0 aliphatic heterocycles. The summed E-state index contributed by atoms with van der Waals surface area (Å²) in [5, 5.41) is 0. The predicted octanol–water partition coefficient (Wildman–Crippen LogP) is 16.0. The molecule has 0 aliphatic rings. The van der Waals surface area contributed by atoms with E-state index in [2.05, 4.69) is 45.1 Å². The molecular formula is C51H94O6. The maximum absolute atomic E-state index is 12.7. The summed E-state index contributed by atoms with van der Waals surface area (Å²) in [6.45, 7) is 6.60. The van der Waals surface area contributed by atoms with Gasteiger partial charge in [0.1, 0.15) is 13.2 Å². The summed E-state index contributed by atoms with van der Waals surface area (Å²) in [4.78, 5) is 37.8. The van der Waals surface area contributed by atoms with Crippen molar-refractivity contribution >= 4 is 17.9 Å². The number of rotatable bonds is 45. The first-order valence-electron chi connectivity index (χ1n) is 24.8. The van der Waals surface area contributed by atoms with Crippen LogP contribution in [0.5, 0.6) is 0 Å². The number of carbonyl (C=O) groups is 3. The molecule has 6 nitrogen and oxygen atoms in total. The van der Waals surface area contributed by atoms with Crippen molar-refractivity contribution in [1.82, 2.24) is 0 Å². The van der Waals surface area contributed by atoms with Crippen LogP contribution >= 0.6 is 0 Å². The fourth-order valence-electron chi connectivity index (χ4n) is 7.18. The van der Waals surface area contributed by atoms with Gasteiger partial charge in [-0.05, 0) is 51.4 Å². The Morgan fingerprint density at radius 3 is 0.982 bits per heavy atom. The van der Waals surface area contributed by atoms with Crippen molar-refractivity contribution in [3.8, 4) is 0 Å². The molecule has 0 rings (SSSR count). The molecule has 0 fully saturated rings. The van der Waals surface area contributed by atoms with E-state index in [4.69, 9.17) is 14.2 Å². The van der Waals surface area contributed by atoms with E-state index in [-0.39, 0.29) is 31.1 Å². The van der Waals surface area contributed by atoms with Crippen molar-refractivity contribution < 1.29 is 28.6 Å². The van der Waals surface area contributed by atoms with Crippen LogP contribution in [0.3, 0.4) is 0 Å². The van der Waals surface area contributed by atoms with Crippen LogP contribution in [-0.2, 0) is 28.6 Å². The Labute approximate surface area is 353 Å². The highest BCUT2D eigenvalue weighted by atomic mass is 16.6. The zero-order chi connectivity index (χ0) is 41.5. The molecule has 0 aromatic heterocycles. The standard InChI is InChI=1S/C51H94O6/c1-4-7-10-13-16-19-21-23-24-25-26-27-29-30-32-35-38-41-44-50(53)56-47-48(46-55-49(52)43-40-37-34-18-15-12-9-6-3)57-51(54)45-42-39-36-33-31-28-22-20-17-14-11-8-5-2/h19,21,24-25,48H,4-18,20,22-23,26-47H2,1-3H3/b21-19-,25-24-. The number of ether oxygens (including phenoxy) is 3. The Morgan fingerprint density at radius 2 is 0.632 bits per heavy atom. The van der Waals surface area contributed by atoms with Gasteiger partial charge in [-0.1, -0.05) is 218 Å². The summed E-state index contributed by atoms with van der Waals surface area (Å²) < 4.78 is 16.7. The van der Waals surface area contributed by atoms with Crippen LogP contribution in [0.1, 0.15) is 265 Å². The molecule has 0 aliphatic carbocycles. The van der Waals surface area contributed by atoms with Crippen molar-refractivity contribution in [3.05, 3.63) is 24.3 Å². The third-order valence-electron chi connectivity index (χ3n) is 11.0. The largest absolute Gasteiger partial charge is 0.462 e. The van der Waals surface area contributed by atoms with E-state index >= 15 is 0 Å². The van der Waals surface area contributed by atoms with Crippen LogP contribution < -0.4 is 0 Å². The molecular weight excluding hydrogens is 709 g/mol. The van der Waals surface area contributed by atoms with Crippen LogP contribution in [0.2, 0.25) is 0 Å². The second-order valence-electron chi connectivity index (χ2n) is 16.7. The molecule has 6 heteroatoms. The average molecular weight is 803 g/mol. The molecule has 1 atom stereocenters. The fraction of sp³-hybridized carbons (Fsp3) is 0.863. The zero-order valence-electron chi connectivity index (χ0n) is 38.1. The van der Waals surface area contributed by atoms with Crippen LogP contribution in [0.4, 0.5) is 0 Å². The van der Waals surface area contributed by atoms with Gasteiger partial charge in [-0.2, -0.15) is 0 Å². The van der Waals surface area contributed by atoms with Gasteiger partial charge in [0.2, 0.25) is 0 Å². The lowest BCUT2D eigenvalue weighted by Crippen LogP contribution is -2.30. The van der Waals surface area contributed by atoms with Gasteiger partial charge < -0.3 is 14.2 Å². The van der Waals surface area contributed by atoms with E-state index < -0.39 is 6.10 Å². The van der Waals surface area contributed by atoms with Crippen molar-refractivity contribution in [3.63, 3.8) is 0 Å². The number of allylic oxidation sites excluding steroid dienone is 4. The summed E-state index contributed by atoms with van der Waals surface area (Å²) in [6.07, 6.45) is 51.6. The molecule has 0 saturated carbocycles. The number of esters is 3. The molecule has 0 radical (unpaired) electrons. The molecule has 0 heterocycles. The minimum atomic E-state index is -0.766. The summed E-state index contributed by atoms with van der Waals surface area (Å²) >= 11 is 0. The smallest absolute Gasteiger partial charge is 0.306 e. The number of unbranched alkanes of at least 4 members (excludes halogenated alkanes) is 30. The molecule has 0 spiro atoms. The van der Waals surface area contributed by atoms with Crippen molar-refractivity contribution in [2.24, 2.45) is 0 Å². The molecule has 57 heavy (non-hydrogen) atoms. The van der Waals surface area contributed by atoms with Gasteiger partial charge in [-0.25, -0.2) is 0 Å². The minimum absolute atomic E-state index is 0.0699. The summed E-state index contributed by atoms with van der Waals surface area (Å²) in [5.74, 6) is -0.872. The first-order valence-corrected chi connectivity index (χ1v) is 24.8. The SMILES string of the molecule is CCCCCC/C=C\C/C=C\CCCCCCCCCC(=O)OCC(COC(=O)CCCCCCCCCC)OC(=O)CCCCCCCCCCCCCCC. The van der Waals surface area contributed by atoms with E-state index in [0.29, 0.717) is 19.3 Å². The number of carbonyl (C=O) groups excluding carboxylic acids is 3. The van der Waals surface area contributed by atoms with Gasteiger partial charge in [0, 0.05) is 19.3 Å². The van der Waals surface area contributed by atoms with Gasteiger partial charge in [-0.15, -0.1) is 0 Å². The van der Waals surface area contributed by atoms with E-state index in [9.17, 15) is 14.4 Å². The predicted molar refractivity (Wildman–Crippen MR) is 243 cm³/mol. The Balaban J connectivity index is 4.27. The van der Waals surface area contributed by atoms with Gasteiger partial charge in [0.25, 0.3) is 0 Å². The van der Waals surface area contributed by atoms with E-state index in [1.807, 2.05) is 0 Å². The maximum Gasteiger partial charge on any atom is 0.306 e. The Morgan fingerprint density at radius 1 is 0.351 bits per heavy atom. The maximum atomic E-state index is 12.7. The Bertz CT molecular complexity index is 927. The first kappa shape index (κ1) is 54.9. The zero-order valence-corrected chi connectivity index (χ0v) is 38.1. The highest BCUT2D eigenvalue weighted by Crippen LogP contribution is 2.15. The molecule has 0 saturated heterocycles. The first-order chi connectivity index (χ1) is 28.0. The number of hydrogen-bond acceptors (Lipinski definition) is 6. The third kappa shape index (κ3) is 44.8. The summed E-state index contributed by atoms with van der Waals surface area (Å²) in [7, 11) is 0. The van der Waals surface area contributed by atoms with Crippen LogP contribution in [0.15, 0.2) is 24.3 Å². The summed E-state index contributed by atoms with van der Waals surface area (Å²) in [5.41, 5.74) is 0. The molecule has 1 unspecified atom stereocenters. The molecule has 0 amide bonds. The quantitative estimate of drug-likeness (QED) is 0.0264. The molecule has 334 valence electrons. The van der Waals surface area contributed by atoms with Gasteiger partial charge in [0.15, 0.2) is 6.10 Å². The van der Waals surface area contributed by atoms with E-state index in [0.717, 1.165) is 70.6 Å². The van der Waals surface area contributed by atoms with Crippen LogP contribution in [0, 0.1) is 0 Å². The van der Waals surface area contributed by atoms with Crippen molar-refractivity contribution in [1.29, 1.82) is 0 Å². The van der Waals surface area contributed by atoms with Crippen LogP contribution in [0.25, 0.3) is 0 Å². The third-order valence-corrected chi connectivity index (χ3v) is 11.0. The normalized spacial score (nSPS) is 12.1. The molecule has 0 bridgehead atoms. The van der Waals surface area contributed by atoms with E-state index in [1.165, 1.54) is 154 Å². The lowest BCUT2D eigenvalue weighted by molar-refractivity contribution is -0.167. The van der Waals surface area contributed by atoms with Crippen LogP contribution in [-0.4, -0.2) is 37.2 Å². The van der Waals surface area contributed by atoms with Gasteiger partial charge in [0.05, 0.1) is 0 Å². The van der Waals surface area contributed by atoms with Crippen molar-refractivity contribution in [2.75, 3.05) is 13.2 Å². The molecule has 0 aromatic rings. The Hall–Kier alpha value is -2.11. The Kier molecular flexibility index (Phi) is 44.9. The molecule has 0 aromatic carbocycles. The van der Waals surface area contributed by atoms with Crippen molar-refractivity contribution in [2.45, 2.75) is 271 Å². The lowest BCUT2D eigenvalue weighted by Gasteiger charge is -2.18. The number of hydrogen-bond donors (Lipinski definition) is 0. The second kappa shape index (κ2) is 46.6. The summed E-state index contributed by atoms with van der Waals surface area (Å²) in [6, 6.07) is 0. The minimum Gasteiger partial charge on any atom is -0.462 e. The lowest BCUT2D eigenvalue weighted by atomic mass is 10.0. The van der Waals surface area contributed by atoms with Gasteiger partial charge >= 0.3 is 17.9 Å².